The molecule has 2 aromatic rings. The predicted molar refractivity (Wildman–Crippen MR) is 148 cm³/mol. The first-order valence-electron chi connectivity index (χ1n) is 13.8. The molecule has 1 aromatic carbocycles. The van der Waals surface area contributed by atoms with Gasteiger partial charge in [-0.2, -0.15) is 0 Å². The maximum atomic E-state index is 13.7. The lowest BCUT2D eigenvalue weighted by atomic mass is 9.90. The first-order chi connectivity index (χ1) is 19.2. The van der Waals surface area contributed by atoms with Gasteiger partial charge >= 0.3 is 0 Å². The van der Waals surface area contributed by atoms with Crippen molar-refractivity contribution in [1.29, 1.82) is 0 Å². The van der Waals surface area contributed by atoms with Gasteiger partial charge in [0.1, 0.15) is 23.4 Å². The van der Waals surface area contributed by atoms with Crippen molar-refractivity contribution in [3.63, 3.8) is 0 Å². The minimum atomic E-state index is -0.981. The van der Waals surface area contributed by atoms with E-state index in [0.29, 0.717) is 30.3 Å². The molecule has 4 rings (SSSR count). The second kappa shape index (κ2) is 13.0. The number of carbonyl (C=O) groups excluding carboxylic acids is 4. The van der Waals surface area contributed by atoms with Gasteiger partial charge in [-0.25, -0.2) is 0 Å². The van der Waals surface area contributed by atoms with Crippen LogP contribution in [0.25, 0.3) is 0 Å². The van der Waals surface area contributed by atoms with Gasteiger partial charge in [0, 0.05) is 18.8 Å². The number of Topliss-reactive ketones (excluding diaryl/α,β-unsaturated/α-hetero) is 1. The molecule has 214 valence electrons. The fraction of sp³-hybridized carbons (Fsp3) is 0.500. The van der Waals surface area contributed by atoms with Crippen molar-refractivity contribution in [3.8, 4) is 5.75 Å². The highest BCUT2D eigenvalue weighted by Gasteiger charge is 2.50. The number of ketones is 1. The number of nitrogens with one attached hydrogen (secondary N) is 3. The van der Waals surface area contributed by atoms with E-state index in [4.69, 9.17) is 9.47 Å². The number of aromatic nitrogens is 1. The van der Waals surface area contributed by atoms with Gasteiger partial charge in [-0.15, -0.1) is 0 Å². The van der Waals surface area contributed by atoms with Crippen LogP contribution < -0.4 is 20.7 Å². The van der Waals surface area contributed by atoms with E-state index in [9.17, 15) is 19.2 Å². The number of nitrogens with zero attached hydrogens (tertiary/aromatic N) is 1. The van der Waals surface area contributed by atoms with Crippen molar-refractivity contribution < 1.29 is 28.7 Å². The third-order valence-electron chi connectivity index (χ3n) is 7.67. The van der Waals surface area contributed by atoms with Gasteiger partial charge in [0.15, 0.2) is 5.78 Å². The smallest absolute Gasteiger partial charge is 0.253 e. The second-order valence-electron chi connectivity index (χ2n) is 10.9. The molecule has 0 spiro atoms. The van der Waals surface area contributed by atoms with E-state index in [0.717, 1.165) is 31.2 Å². The van der Waals surface area contributed by atoms with Crippen LogP contribution in [-0.2, 0) is 25.5 Å². The summed E-state index contributed by atoms with van der Waals surface area (Å²) in [5, 5.41) is 8.37. The van der Waals surface area contributed by atoms with Crippen molar-refractivity contribution in [2.75, 3.05) is 13.7 Å². The summed E-state index contributed by atoms with van der Waals surface area (Å²) >= 11 is 0. The molecule has 4 unspecified atom stereocenters. The molecule has 1 saturated heterocycles. The highest BCUT2D eigenvalue weighted by atomic mass is 16.6. The first kappa shape index (κ1) is 29.2. The number of amides is 3. The van der Waals surface area contributed by atoms with Crippen LogP contribution in [0.3, 0.4) is 0 Å². The highest BCUT2D eigenvalue weighted by molar-refractivity contribution is 5.99. The molecule has 10 heteroatoms. The molecule has 0 bridgehead atoms. The topological polar surface area (TPSA) is 139 Å². The standard InChI is InChI=1S/C30H38N4O6/c1-19(32-28(37)22-9-6-14-31-17-22)27(36)34-25(16-21-10-12-23(39-3)13-11-21)29(38)33-24(15-20-7-4-5-8-20)26(35)30(2)18-40-30/h6,9-14,17,19-20,24-25H,4-5,7-8,15-16,18H2,1-3H3,(H,32,37)(H,33,38)(H,34,36). The Hall–Kier alpha value is -3.79. The molecule has 2 fully saturated rings. The summed E-state index contributed by atoms with van der Waals surface area (Å²) in [6.07, 6.45) is 7.97. The number of ether oxygens (including phenoxy) is 2. The Morgan fingerprint density at radius 3 is 2.30 bits per heavy atom. The third kappa shape index (κ3) is 7.65. The molecular formula is C30H38N4O6. The molecular weight excluding hydrogens is 512 g/mol. The lowest BCUT2D eigenvalue weighted by molar-refractivity contribution is -0.133. The molecule has 4 atom stereocenters. The molecule has 1 saturated carbocycles. The minimum Gasteiger partial charge on any atom is -0.497 e. The largest absolute Gasteiger partial charge is 0.497 e. The summed E-state index contributed by atoms with van der Waals surface area (Å²) in [5.74, 6) is -0.557. The van der Waals surface area contributed by atoms with Crippen LogP contribution in [0, 0.1) is 5.92 Å². The molecule has 1 aliphatic carbocycles. The van der Waals surface area contributed by atoms with E-state index >= 15 is 0 Å². The monoisotopic (exact) mass is 550 g/mol. The SMILES string of the molecule is COc1ccc(CC(NC(=O)C(C)NC(=O)c2cccnc2)C(=O)NC(CC2CCCC2)C(=O)C2(C)CO2)cc1. The van der Waals surface area contributed by atoms with Crippen molar-refractivity contribution >= 4 is 23.5 Å². The number of epoxide rings is 1. The zero-order chi connectivity index (χ0) is 28.7. The molecule has 3 N–H and O–H groups in total. The summed E-state index contributed by atoms with van der Waals surface area (Å²) in [6, 6.07) is 7.81. The molecule has 40 heavy (non-hydrogen) atoms. The van der Waals surface area contributed by atoms with Gasteiger partial charge < -0.3 is 25.4 Å². The van der Waals surface area contributed by atoms with E-state index in [1.54, 1.807) is 51.4 Å². The zero-order valence-electron chi connectivity index (χ0n) is 23.3. The van der Waals surface area contributed by atoms with Crippen molar-refractivity contribution in [2.24, 2.45) is 5.92 Å². The number of benzene rings is 1. The molecule has 3 amide bonds. The summed E-state index contributed by atoms with van der Waals surface area (Å²) in [6.45, 7) is 3.62. The summed E-state index contributed by atoms with van der Waals surface area (Å²) in [5.41, 5.74) is 0.235. The van der Waals surface area contributed by atoms with Crippen molar-refractivity contribution in [3.05, 3.63) is 59.9 Å². The Bertz CT molecular complexity index is 1190. The lowest BCUT2D eigenvalue weighted by Gasteiger charge is -2.26. The number of carbonyl (C=O) groups is 4. The van der Waals surface area contributed by atoms with Gasteiger partial charge in [0.2, 0.25) is 11.8 Å². The van der Waals surface area contributed by atoms with Gasteiger partial charge in [0.05, 0.1) is 25.3 Å². The fourth-order valence-electron chi connectivity index (χ4n) is 5.05. The molecule has 1 aliphatic heterocycles. The number of methoxy groups -OCH3 is 1. The molecule has 10 nitrogen and oxygen atoms in total. The minimum absolute atomic E-state index is 0.139. The Balaban J connectivity index is 1.48. The highest BCUT2D eigenvalue weighted by Crippen LogP contribution is 2.33. The van der Waals surface area contributed by atoms with Gasteiger partial charge in [-0.3, -0.25) is 24.2 Å². The molecule has 1 aromatic heterocycles. The summed E-state index contributed by atoms with van der Waals surface area (Å²) in [4.78, 5) is 56.6. The number of rotatable bonds is 13. The van der Waals surface area contributed by atoms with Gasteiger partial charge in [-0.05, 0) is 56.0 Å². The number of hydrogen-bond acceptors (Lipinski definition) is 7. The predicted octanol–water partition coefficient (Wildman–Crippen LogP) is 2.36. The molecule has 0 radical (unpaired) electrons. The summed E-state index contributed by atoms with van der Waals surface area (Å²) < 4.78 is 10.6. The van der Waals surface area contributed by atoms with E-state index in [2.05, 4.69) is 20.9 Å². The van der Waals surface area contributed by atoms with Gasteiger partial charge in [0.25, 0.3) is 5.91 Å². The molecule has 2 heterocycles. The van der Waals surface area contributed by atoms with E-state index in [1.165, 1.54) is 6.20 Å². The lowest BCUT2D eigenvalue weighted by Crippen LogP contribution is -2.57. The maximum absolute atomic E-state index is 13.7. The van der Waals surface area contributed by atoms with Crippen LogP contribution in [0.2, 0.25) is 0 Å². The number of hydrogen-bond donors (Lipinski definition) is 3. The fourth-order valence-corrected chi connectivity index (χ4v) is 5.05. The van der Waals surface area contributed by atoms with Crippen LogP contribution in [0.4, 0.5) is 0 Å². The Labute approximate surface area is 234 Å². The van der Waals surface area contributed by atoms with Crippen LogP contribution in [0.1, 0.15) is 61.9 Å². The van der Waals surface area contributed by atoms with Crippen LogP contribution in [-0.4, -0.2) is 65.9 Å². The van der Waals surface area contributed by atoms with Gasteiger partial charge in [-0.1, -0.05) is 37.8 Å². The first-order valence-corrected chi connectivity index (χ1v) is 13.8. The quantitative estimate of drug-likeness (QED) is 0.326. The maximum Gasteiger partial charge on any atom is 0.253 e. The molecule has 2 aliphatic rings. The van der Waals surface area contributed by atoms with Crippen LogP contribution >= 0.6 is 0 Å². The average Bonchev–Trinajstić information content (AvgIpc) is 3.50. The summed E-state index contributed by atoms with van der Waals surface area (Å²) in [7, 11) is 1.57. The van der Waals surface area contributed by atoms with E-state index in [-0.39, 0.29) is 12.2 Å². The van der Waals surface area contributed by atoms with Crippen LogP contribution in [0.5, 0.6) is 5.75 Å². The van der Waals surface area contributed by atoms with E-state index in [1.807, 2.05) is 12.1 Å². The Morgan fingerprint density at radius 2 is 1.70 bits per heavy atom. The Morgan fingerprint density at radius 1 is 1.02 bits per heavy atom. The van der Waals surface area contributed by atoms with Crippen molar-refractivity contribution in [1.82, 2.24) is 20.9 Å². The average molecular weight is 551 g/mol. The number of pyridine rings is 1. The third-order valence-corrected chi connectivity index (χ3v) is 7.67. The Kier molecular flexibility index (Phi) is 9.52. The second-order valence-corrected chi connectivity index (χ2v) is 10.9. The van der Waals surface area contributed by atoms with Crippen molar-refractivity contribution in [2.45, 2.75) is 76.1 Å². The zero-order valence-corrected chi connectivity index (χ0v) is 23.3. The normalized spacial score (nSPS) is 20.6. The van der Waals surface area contributed by atoms with E-state index < -0.39 is 41.4 Å². The van der Waals surface area contributed by atoms with Crippen LogP contribution in [0.15, 0.2) is 48.8 Å².